The van der Waals surface area contributed by atoms with Crippen molar-refractivity contribution >= 4 is 17.2 Å². The Kier molecular flexibility index (Phi) is 6.30. The van der Waals surface area contributed by atoms with Crippen molar-refractivity contribution in [2.75, 3.05) is 13.2 Å². The third kappa shape index (κ3) is 5.56. The van der Waals surface area contributed by atoms with Gasteiger partial charge >= 0.3 is 6.18 Å². The number of aryl methyl sites for hydroxylation is 1. The molecule has 28 heavy (non-hydrogen) atoms. The molecule has 0 atom stereocenters. The molecule has 6 nitrogen and oxygen atoms in total. The van der Waals surface area contributed by atoms with Crippen LogP contribution in [0.1, 0.15) is 17.9 Å². The van der Waals surface area contributed by atoms with Crippen molar-refractivity contribution in [2.45, 2.75) is 19.0 Å². The topological polar surface area (TPSA) is 77.2 Å². The summed E-state index contributed by atoms with van der Waals surface area (Å²) < 4.78 is 47.9. The monoisotopic (exact) mass is 411 g/mol. The van der Waals surface area contributed by atoms with Crippen molar-refractivity contribution < 1.29 is 27.2 Å². The van der Waals surface area contributed by atoms with E-state index in [0.29, 0.717) is 23.9 Å². The second-order valence-electron chi connectivity index (χ2n) is 5.74. The standard InChI is InChI=1S/C18H16F3N3O3S/c19-18(20,21)13-1-3-14(4-2-13)26-9-8-22-15(25)5-6-16-23-17(24-27-16)12-7-10-28-11-12/h1-4,7,10-11H,5-6,8-9H2,(H,22,25). The summed E-state index contributed by atoms with van der Waals surface area (Å²) in [5.74, 6) is 0.944. The number of halogens is 3. The van der Waals surface area contributed by atoms with Crippen LogP contribution in [0.4, 0.5) is 13.2 Å². The highest BCUT2D eigenvalue weighted by molar-refractivity contribution is 7.08. The van der Waals surface area contributed by atoms with Crippen LogP contribution in [0, 0.1) is 0 Å². The van der Waals surface area contributed by atoms with Crippen LogP contribution in [0.25, 0.3) is 11.4 Å². The van der Waals surface area contributed by atoms with E-state index in [1.165, 1.54) is 23.5 Å². The minimum absolute atomic E-state index is 0.139. The van der Waals surface area contributed by atoms with Gasteiger partial charge in [0.1, 0.15) is 12.4 Å². The average molecular weight is 411 g/mol. The first-order valence-electron chi connectivity index (χ1n) is 8.34. The third-order valence-corrected chi connectivity index (χ3v) is 4.37. The van der Waals surface area contributed by atoms with Gasteiger partial charge in [-0.05, 0) is 35.7 Å². The predicted octanol–water partition coefficient (Wildman–Crippen LogP) is 3.94. The molecule has 0 bridgehead atoms. The molecule has 0 saturated carbocycles. The minimum Gasteiger partial charge on any atom is -0.492 e. The maximum absolute atomic E-state index is 12.5. The lowest BCUT2D eigenvalue weighted by molar-refractivity contribution is -0.137. The highest BCUT2D eigenvalue weighted by Gasteiger charge is 2.30. The molecule has 0 aliphatic heterocycles. The number of benzene rings is 1. The first-order chi connectivity index (χ1) is 13.4. The van der Waals surface area contributed by atoms with Gasteiger partial charge in [0.05, 0.1) is 12.1 Å². The summed E-state index contributed by atoms with van der Waals surface area (Å²) in [5, 5.41) is 10.3. The summed E-state index contributed by atoms with van der Waals surface area (Å²) in [6, 6.07) is 6.25. The number of aromatic nitrogens is 2. The number of alkyl halides is 3. The van der Waals surface area contributed by atoms with Gasteiger partial charge in [-0.25, -0.2) is 0 Å². The van der Waals surface area contributed by atoms with E-state index in [-0.39, 0.29) is 25.5 Å². The Balaban J connectivity index is 1.35. The van der Waals surface area contributed by atoms with E-state index in [0.717, 1.165) is 17.7 Å². The number of hydrogen-bond donors (Lipinski definition) is 1. The lowest BCUT2D eigenvalue weighted by Crippen LogP contribution is -2.28. The maximum Gasteiger partial charge on any atom is 0.416 e. The number of amides is 1. The highest BCUT2D eigenvalue weighted by Crippen LogP contribution is 2.30. The molecule has 1 amide bonds. The minimum atomic E-state index is -4.38. The predicted molar refractivity (Wildman–Crippen MR) is 95.9 cm³/mol. The molecule has 2 heterocycles. The molecule has 0 aliphatic rings. The van der Waals surface area contributed by atoms with Crippen molar-refractivity contribution in [2.24, 2.45) is 0 Å². The molecular weight excluding hydrogens is 395 g/mol. The van der Waals surface area contributed by atoms with Gasteiger partial charge in [-0.15, -0.1) is 0 Å². The van der Waals surface area contributed by atoms with E-state index in [2.05, 4.69) is 15.5 Å². The zero-order valence-electron chi connectivity index (χ0n) is 14.5. The summed E-state index contributed by atoms with van der Waals surface area (Å²) in [7, 11) is 0. The summed E-state index contributed by atoms with van der Waals surface area (Å²) in [6.45, 7) is 0.365. The van der Waals surface area contributed by atoms with Gasteiger partial charge in [0.15, 0.2) is 0 Å². The lowest BCUT2D eigenvalue weighted by Gasteiger charge is -2.09. The first-order valence-corrected chi connectivity index (χ1v) is 9.28. The average Bonchev–Trinajstić information content (AvgIpc) is 3.34. The second kappa shape index (κ2) is 8.87. The number of rotatable bonds is 8. The number of nitrogens with one attached hydrogen (secondary N) is 1. The number of thiophene rings is 1. The molecule has 0 unspecified atom stereocenters. The fourth-order valence-electron chi connectivity index (χ4n) is 2.27. The molecule has 0 saturated heterocycles. The number of nitrogens with zero attached hydrogens (tertiary/aromatic N) is 2. The van der Waals surface area contributed by atoms with E-state index >= 15 is 0 Å². The molecule has 0 radical (unpaired) electrons. The van der Waals surface area contributed by atoms with Crippen LogP contribution in [-0.2, 0) is 17.4 Å². The van der Waals surface area contributed by atoms with Crippen LogP contribution in [0.15, 0.2) is 45.6 Å². The van der Waals surface area contributed by atoms with Gasteiger partial charge in [0, 0.05) is 23.8 Å². The molecule has 148 valence electrons. The quantitative estimate of drug-likeness (QED) is 0.568. The van der Waals surface area contributed by atoms with E-state index in [1.807, 2.05) is 16.8 Å². The first kappa shape index (κ1) is 19.9. The number of ether oxygens (including phenoxy) is 1. The summed E-state index contributed by atoms with van der Waals surface area (Å²) in [4.78, 5) is 16.1. The highest BCUT2D eigenvalue weighted by atomic mass is 32.1. The number of carbonyl (C=O) groups is 1. The Morgan fingerprint density at radius 2 is 2.00 bits per heavy atom. The second-order valence-corrected chi connectivity index (χ2v) is 6.52. The van der Waals surface area contributed by atoms with Crippen molar-refractivity contribution in [3.8, 4) is 17.1 Å². The van der Waals surface area contributed by atoms with Gasteiger partial charge in [-0.1, -0.05) is 5.16 Å². The summed E-state index contributed by atoms with van der Waals surface area (Å²) in [6.07, 6.45) is -3.90. The maximum atomic E-state index is 12.5. The molecular formula is C18H16F3N3O3S. The van der Waals surface area contributed by atoms with E-state index in [4.69, 9.17) is 9.26 Å². The SMILES string of the molecule is O=C(CCc1nc(-c2ccsc2)no1)NCCOc1ccc(C(F)(F)F)cc1. The van der Waals surface area contributed by atoms with Gasteiger partial charge in [0.2, 0.25) is 17.6 Å². The van der Waals surface area contributed by atoms with Gasteiger partial charge in [-0.3, -0.25) is 4.79 Å². The van der Waals surface area contributed by atoms with Gasteiger partial charge in [0.25, 0.3) is 0 Å². The lowest BCUT2D eigenvalue weighted by atomic mass is 10.2. The zero-order valence-corrected chi connectivity index (χ0v) is 15.3. The van der Waals surface area contributed by atoms with Gasteiger partial charge in [-0.2, -0.15) is 29.5 Å². The van der Waals surface area contributed by atoms with Crippen LogP contribution < -0.4 is 10.1 Å². The molecule has 2 aromatic heterocycles. The molecule has 3 aromatic rings. The molecule has 1 N–H and O–H groups in total. The summed E-state index contributed by atoms with van der Waals surface area (Å²) >= 11 is 1.53. The largest absolute Gasteiger partial charge is 0.492 e. The Morgan fingerprint density at radius 1 is 1.21 bits per heavy atom. The fourth-order valence-corrected chi connectivity index (χ4v) is 2.91. The van der Waals surface area contributed by atoms with Crippen LogP contribution >= 0.6 is 11.3 Å². The van der Waals surface area contributed by atoms with E-state index in [9.17, 15) is 18.0 Å². The van der Waals surface area contributed by atoms with Crippen molar-refractivity contribution in [3.05, 3.63) is 52.5 Å². The molecule has 3 rings (SSSR count). The van der Waals surface area contributed by atoms with Crippen LogP contribution in [0.3, 0.4) is 0 Å². The molecule has 0 fully saturated rings. The molecule has 0 spiro atoms. The van der Waals surface area contributed by atoms with Crippen LogP contribution in [0.2, 0.25) is 0 Å². The van der Waals surface area contributed by atoms with Crippen molar-refractivity contribution in [1.82, 2.24) is 15.5 Å². The zero-order chi connectivity index (χ0) is 20.0. The Bertz CT molecular complexity index is 893. The Hall–Kier alpha value is -2.88. The van der Waals surface area contributed by atoms with Crippen LogP contribution in [-0.4, -0.2) is 29.2 Å². The molecule has 0 aliphatic carbocycles. The van der Waals surface area contributed by atoms with E-state index < -0.39 is 11.7 Å². The number of hydrogen-bond acceptors (Lipinski definition) is 6. The van der Waals surface area contributed by atoms with Crippen LogP contribution in [0.5, 0.6) is 5.75 Å². The van der Waals surface area contributed by atoms with E-state index in [1.54, 1.807) is 0 Å². The smallest absolute Gasteiger partial charge is 0.416 e. The molecule has 10 heteroatoms. The normalized spacial score (nSPS) is 11.4. The Morgan fingerprint density at radius 3 is 2.68 bits per heavy atom. The van der Waals surface area contributed by atoms with Crippen molar-refractivity contribution in [3.63, 3.8) is 0 Å². The molecule has 1 aromatic carbocycles. The number of carbonyl (C=O) groups excluding carboxylic acids is 1. The van der Waals surface area contributed by atoms with Crippen molar-refractivity contribution in [1.29, 1.82) is 0 Å². The van der Waals surface area contributed by atoms with Gasteiger partial charge < -0.3 is 14.6 Å². The summed E-state index contributed by atoms with van der Waals surface area (Å²) in [5.41, 5.74) is 0.126. The third-order valence-electron chi connectivity index (χ3n) is 3.69. The Labute approximate surface area is 162 Å². The fraction of sp³-hybridized carbons (Fsp3) is 0.278.